The standard InChI is InChI=1S/C15H27NO4/c1-5-12(10-6-8-11(16)9-7-10)13(17)19-14(18)20-15(2,3)4/h10-12H,5-9,16H2,1-4H3. The Labute approximate surface area is 121 Å². The molecule has 0 saturated heterocycles. The second kappa shape index (κ2) is 7.07. The van der Waals surface area contributed by atoms with Crippen LogP contribution in [-0.4, -0.2) is 23.8 Å². The molecule has 2 N–H and O–H groups in total. The Morgan fingerprint density at radius 1 is 1.20 bits per heavy atom. The van der Waals surface area contributed by atoms with Gasteiger partial charge in [0.05, 0.1) is 5.92 Å². The van der Waals surface area contributed by atoms with E-state index >= 15 is 0 Å². The van der Waals surface area contributed by atoms with Gasteiger partial charge in [0.2, 0.25) is 0 Å². The van der Waals surface area contributed by atoms with Crippen LogP contribution in [0.3, 0.4) is 0 Å². The zero-order valence-corrected chi connectivity index (χ0v) is 13.0. The fourth-order valence-corrected chi connectivity index (χ4v) is 2.67. The van der Waals surface area contributed by atoms with Gasteiger partial charge in [-0.15, -0.1) is 0 Å². The van der Waals surface area contributed by atoms with Gasteiger partial charge in [0.1, 0.15) is 5.60 Å². The van der Waals surface area contributed by atoms with E-state index < -0.39 is 17.7 Å². The molecule has 1 aliphatic carbocycles. The second-order valence-corrected chi connectivity index (χ2v) is 6.58. The highest BCUT2D eigenvalue weighted by Crippen LogP contribution is 2.32. The first-order chi connectivity index (χ1) is 9.23. The summed E-state index contributed by atoms with van der Waals surface area (Å²) in [6, 6.07) is 0.241. The maximum atomic E-state index is 12.1. The third-order valence-corrected chi connectivity index (χ3v) is 3.70. The number of esters is 1. The summed E-state index contributed by atoms with van der Waals surface area (Å²) < 4.78 is 9.83. The Balaban J connectivity index is 2.52. The minimum absolute atomic E-state index is 0.241. The Hall–Kier alpha value is -1.10. The molecule has 0 bridgehead atoms. The van der Waals surface area contributed by atoms with Gasteiger partial charge in [-0.25, -0.2) is 4.79 Å². The van der Waals surface area contributed by atoms with Gasteiger partial charge in [0.15, 0.2) is 0 Å². The predicted octanol–water partition coefficient (Wildman–Crippen LogP) is 3.01. The van der Waals surface area contributed by atoms with Crippen LogP contribution >= 0.6 is 0 Å². The summed E-state index contributed by atoms with van der Waals surface area (Å²) in [6.07, 6.45) is 3.46. The van der Waals surface area contributed by atoms with Gasteiger partial charge in [0, 0.05) is 6.04 Å². The molecular formula is C15H27NO4. The Morgan fingerprint density at radius 3 is 2.20 bits per heavy atom. The first-order valence-corrected chi connectivity index (χ1v) is 7.43. The summed E-state index contributed by atoms with van der Waals surface area (Å²) in [5.41, 5.74) is 5.22. The van der Waals surface area contributed by atoms with Crippen molar-refractivity contribution in [2.24, 2.45) is 17.6 Å². The molecule has 1 saturated carbocycles. The number of hydrogen-bond acceptors (Lipinski definition) is 5. The van der Waals surface area contributed by atoms with Crippen LogP contribution in [0.5, 0.6) is 0 Å². The molecule has 0 aromatic carbocycles. The van der Waals surface area contributed by atoms with Crippen molar-refractivity contribution in [3.8, 4) is 0 Å². The second-order valence-electron chi connectivity index (χ2n) is 6.58. The first kappa shape index (κ1) is 17.0. The SMILES string of the molecule is CCC(C(=O)OC(=O)OC(C)(C)C)C1CCC(N)CC1. The highest BCUT2D eigenvalue weighted by atomic mass is 16.7. The predicted molar refractivity (Wildman–Crippen MR) is 76.0 cm³/mol. The summed E-state index contributed by atoms with van der Waals surface area (Å²) in [5.74, 6) is -0.452. The highest BCUT2D eigenvalue weighted by molar-refractivity contribution is 5.83. The summed E-state index contributed by atoms with van der Waals surface area (Å²) in [6.45, 7) is 7.14. The number of nitrogens with two attached hydrogens (primary N) is 1. The minimum Gasteiger partial charge on any atom is -0.428 e. The molecular weight excluding hydrogens is 258 g/mol. The smallest absolute Gasteiger partial charge is 0.428 e. The van der Waals surface area contributed by atoms with Crippen molar-refractivity contribution >= 4 is 12.1 Å². The van der Waals surface area contributed by atoms with E-state index in [1.54, 1.807) is 20.8 Å². The summed E-state index contributed by atoms with van der Waals surface area (Å²) in [4.78, 5) is 23.6. The van der Waals surface area contributed by atoms with E-state index in [-0.39, 0.29) is 17.9 Å². The summed E-state index contributed by atoms with van der Waals surface area (Å²) >= 11 is 0. The van der Waals surface area contributed by atoms with Crippen LogP contribution in [0.15, 0.2) is 0 Å². The van der Waals surface area contributed by atoms with Crippen molar-refractivity contribution in [3.05, 3.63) is 0 Å². The zero-order valence-electron chi connectivity index (χ0n) is 13.0. The molecule has 0 amide bonds. The topological polar surface area (TPSA) is 78.6 Å². The number of carbonyl (C=O) groups excluding carboxylic acids is 2. The van der Waals surface area contributed by atoms with Crippen LogP contribution in [0.2, 0.25) is 0 Å². The fourth-order valence-electron chi connectivity index (χ4n) is 2.67. The van der Waals surface area contributed by atoms with E-state index in [0.717, 1.165) is 25.7 Å². The molecule has 1 rings (SSSR count). The quantitative estimate of drug-likeness (QED) is 0.637. The number of carbonyl (C=O) groups is 2. The lowest BCUT2D eigenvalue weighted by Gasteiger charge is -2.30. The molecule has 1 fully saturated rings. The van der Waals surface area contributed by atoms with Gasteiger partial charge in [-0.05, 0) is 58.8 Å². The molecule has 116 valence electrons. The van der Waals surface area contributed by atoms with Crippen LogP contribution in [0.4, 0.5) is 4.79 Å². The van der Waals surface area contributed by atoms with E-state index in [2.05, 4.69) is 0 Å². The Bertz CT molecular complexity index is 340. The highest BCUT2D eigenvalue weighted by Gasteiger charge is 2.33. The van der Waals surface area contributed by atoms with Crippen molar-refractivity contribution in [2.75, 3.05) is 0 Å². The van der Waals surface area contributed by atoms with Crippen molar-refractivity contribution in [1.82, 2.24) is 0 Å². The number of hydrogen-bond donors (Lipinski definition) is 1. The molecule has 0 aromatic heterocycles. The van der Waals surface area contributed by atoms with Gasteiger partial charge in [-0.3, -0.25) is 4.79 Å². The molecule has 5 nitrogen and oxygen atoms in total. The lowest BCUT2D eigenvalue weighted by Crippen LogP contribution is -2.35. The van der Waals surface area contributed by atoms with Crippen molar-refractivity contribution in [2.45, 2.75) is 71.4 Å². The third-order valence-electron chi connectivity index (χ3n) is 3.70. The molecule has 1 unspecified atom stereocenters. The van der Waals surface area contributed by atoms with Crippen molar-refractivity contribution in [3.63, 3.8) is 0 Å². The van der Waals surface area contributed by atoms with Gasteiger partial charge >= 0.3 is 12.1 Å². The average Bonchev–Trinajstić information content (AvgIpc) is 2.29. The van der Waals surface area contributed by atoms with E-state index in [1.807, 2.05) is 6.92 Å². The largest absolute Gasteiger partial charge is 0.516 e. The molecule has 0 aliphatic heterocycles. The summed E-state index contributed by atoms with van der Waals surface area (Å²) in [5, 5.41) is 0. The molecule has 5 heteroatoms. The minimum atomic E-state index is -0.909. The first-order valence-electron chi connectivity index (χ1n) is 7.43. The van der Waals surface area contributed by atoms with Crippen LogP contribution < -0.4 is 5.73 Å². The van der Waals surface area contributed by atoms with Crippen molar-refractivity contribution in [1.29, 1.82) is 0 Å². The molecule has 1 atom stereocenters. The Kier molecular flexibility index (Phi) is 5.99. The number of rotatable bonds is 3. The average molecular weight is 285 g/mol. The van der Waals surface area contributed by atoms with Gasteiger partial charge in [0.25, 0.3) is 0 Å². The van der Waals surface area contributed by atoms with Crippen LogP contribution in [0.1, 0.15) is 59.8 Å². The third kappa shape index (κ3) is 5.49. The van der Waals surface area contributed by atoms with Gasteiger partial charge < -0.3 is 15.2 Å². The van der Waals surface area contributed by atoms with Gasteiger partial charge in [-0.1, -0.05) is 6.92 Å². The molecule has 0 aromatic rings. The molecule has 20 heavy (non-hydrogen) atoms. The molecule has 0 spiro atoms. The normalized spacial score (nSPS) is 24.9. The lowest BCUT2D eigenvalue weighted by molar-refractivity contribution is -0.148. The van der Waals surface area contributed by atoms with E-state index in [4.69, 9.17) is 15.2 Å². The maximum absolute atomic E-state index is 12.1. The number of ether oxygens (including phenoxy) is 2. The van der Waals surface area contributed by atoms with Crippen LogP contribution in [0, 0.1) is 11.8 Å². The van der Waals surface area contributed by atoms with Crippen LogP contribution in [-0.2, 0) is 14.3 Å². The molecule has 0 heterocycles. The monoisotopic (exact) mass is 285 g/mol. The van der Waals surface area contributed by atoms with E-state index in [1.165, 1.54) is 0 Å². The molecule has 0 radical (unpaired) electrons. The molecule has 1 aliphatic rings. The fraction of sp³-hybridized carbons (Fsp3) is 0.867. The lowest BCUT2D eigenvalue weighted by atomic mass is 9.77. The maximum Gasteiger partial charge on any atom is 0.516 e. The van der Waals surface area contributed by atoms with Gasteiger partial charge in [-0.2, -0.15) is 0 Å². The zero-order chi connectivity index (χ0) is 15.3. The van der Waals surface area contributed by atoms with E-state index in [9.17, 15) is 9.59 Å². The van der Waals surface area contributed by atoms with Crippen molar-refractivity contribution < 1.29 is 19.1 Å². The van der Waals surface area contributed by atoms with E-state index in [0.29, 0.717) is 6.42 Å². The van der Waals surface area contributed by atoms with Crippen LogP contribution in [0.25, 0.3) is 0 Å². The Morgan fingerprint density at radius 2 is 1.75 bits per heavy atom. The summed E-state index contributed by atoms with van der Waals surface area (Å²) in [7, 11) is 0.